The number of piperidine rings is 1. The van der Waals surface area contributed by atoms with Gasteiger partial charge in [0.1, 0.15) is 11.4 Å². The zero-order valence-electron chi connectivity index (χ0n) is 11.3. The Labute approximate surface area is 107 Å². The fourth-order valence-corrected chi connectivity index (χ4v) is 2.38. The summed E-state index contributed by atoms with van der Waals surface area (Å²) in [5.41, 5.74) is -0.465. The minimum Gasteiger partial charge on any atom is -0.443 e. The van der Waals surface area contributed by atoms with E-state index in [0.29, 0.717) is 26.1 Å². The summed E-state index contributed by atoms with van der Waals surface area (Å²) in [6.07, 6.45) is 1.22. The van der Waals surface area contributed by atoms with Gasteiger partial charge in [0.2, 0.25) is 0 Å². The molecule has 0 aromatic rings. The average molecular weight is 255 g/mol. The number of morpholine rings is 1. The number of hydrogen-bond acceptors (Lipinski definition) is 4. The van der Waals surface area contributed by atoms with E-state index in [1.165, 1.54) is 0 Å². The maximum Gasteiger partial charge on any atom is 0.410 e. The van der Waals surface area contributed by atoms with E-state index in [-0.39, 0.29) is 24.0 Å². The van der Waals surface area contributed by atoms with Gasteiger partial charge < -0.3 is 9.47 Å². The average Bonchev–Trinajstić information content (AvgIpc) is 2.27. The van der Waals surface area contributed by atoms with Crippen LogP contribution in [0, 0.1) is 0 Å². The number of nitrogens with zero attached hydrogens (tertiary/aromatic N) is 1. The van der Waals surface area contributed by atoms with Crippen molar-refractivity contribution in [1.82, 2.24) is 4.90 Å². The molecule has 0 aromatic heterocycles. The molecule has 18 heavy (non-hydrogen) atoms. The topological polar surface area (TPSA) is 55.8 Å². The second-order valence-corrected chi connectivity index (χ2v) is 5.68. The van der Waals surface area contributed by atoms with E-state index < -0.39 is 5.60 Å². The molecule has 5 nitrogen and oxygen atoms in total. The number of carbonyl (C=O) groups excluding carboxylic acids is 2. The summed E-state index contributed by atoms with van der Waals surface area (Å²) in [4.78, 5) is 25.5. The fourth-order valence-electron chi connectivity index (χ4n) is 2.38. The molecule has 5 heteroatoms. The van der Waals surface area contributed by atoms with Gasteiger partial charge in [-0.05, 0) is 20.3 Å². The molecule has 0 spiro atoms. The third kappa shape index (κ3) is 2.66. The normalized spacial score (nSPS) is 28.2. The van der Waals surface area contributed by atoms with Crippen LogP contribution in [0.3, 0.4) is 0 Å². The first-order valence-electron chi connectivity index (χ1n) is 6.53. The van der Waals surface area contributed by atoms with E-state index in [4.69, 9.17) is 9.47 Å². The van der Waals surface area contributed by atoms with Gasteiger partial charge in [0.05, 0.1) is 25.3 Å². The van der Waals surface area contributed by atoms with Crippen LogP contribution < -0.4 is 0 Å². The second-order valence-electron chi connectivity index (χ2n) is 5.68. The lowest BCUT2D eigenvalue weighted by atomic mass is 9.94. The Morgan fingerprint density at radius 2 is 1.94 bits per heavy atom. The number of fused-ring (bicyclic) bond motifs is 2. The number of hydrogen-bond donors (Lipinski definition) is 0. The Hall–Kier alpha value is -1.10. The minimum absolute atomic E-state index is 0.148. The number of amides is 1. The summed E-state index contributed by atoms with van der Waals surface area (Å²) in [6.45, 7) is 6.64. The highest BCUT2D eigenvalue weighted by atomic mass is 16.6. The van der Waals surface area contributed by atoms with Crippen molar-refractivity contribution in [3.8, 4) is 0 Å². The van der Waals surface area contributed by atoms with Gasteiger partial charge in [-0.2, -0.15) is 0 Å². The summed E-state index contributed by atoms with van der Waals surface area (Å²) in [7, 11) is 0. The molecule has 0 aromatic carbocycles. The van der Waals surface area contributed by atoms with Crippen LogP contribution >= 0.6 is 0 Å². The molecule has 2 saturated heterocycles. The van der Waals surface area contributed by atoms with Gasteiger partial charge in [0, 0.05) is 12.8 Å². The molecule has 0 N–H and O–H groups in total. The lowest BCUT2D eigenvalue weighted by Gasteiger charge is -2.45. The van der Waals surface area contributed by atoms with Crippen LogP contribution in [0.4, 0.5) is 4.79 Å². The molecule has 2 heterocycles. The van der Waals surface area contributed by atoms with Crippen LogP contribution in [-0.4, -0.2) is 47.7 Å². The first-order chi connectivity index (χ1) is 8.43. The zero-order valence-corrected chi connectivity index (χ0v) is 11.3. The summed E-state index contributed by atoms with van der Waals surface area (Å²) < 4.78 is 10.9. The Morgan fingerprint density at radius 3 is 2.44 bits per heavy atom. The Balaban J connectivity index is 2.08. The summed E-state index contributed by atoms with van der Waals surface area (Å²) in [5, 5.41) is 0. The van der Waals surface area contributed by atoms with Crippen molar-refractivity contribution < 1.29 is 19.1 Å². The lowest BCUT2D eigenvalue weighted by Crippen LogP contribution is -2.60. The number of ketones is 1. The fraction of sp³-hybridized carbons (Fsp3) is 0.846. The highest BCUT2D eigenvalue weighted by molar-refractivity contribution is 5.83. The van der Waals surface area contributed by atoms with Crippen LogP contribution in [0.25, 0.3) is 0 Å². The molecular formula is C13H21NO4. The van der Waals surface area contributed by atoms with Crippen molar-refractivity contribution >= 4 is 11.9 Å². The van der Waals surface area contributed by atoms with Crippen molar-refractivity contribution in [2.75, 3.05) is 13.2 Å². The van der Waals surface area contributed by atoms with E-state index in [0.717, 1.165) is 6.42 Å². The molecule has 2 bridgehead atoms. The smallest absolute Gasteiger partial charge is 0.410 e. The molecule has 0 radical (unpaired) electrons. The molecule has 0 aliphatic carbocycles. The van der Waals surface area contributed by atoms with E-state index in [9.17, 15) is 9.59 Å². The van der Waals surface area contributed by atoms with Crippen LogP contribution in [-0.2, 0) is 14.3 Å². The molecule has 102 valence electrons. The maximum absolute atomic E-state index is 12.2. The number of rotatable bonds is 2. The Kier molecular flexibility index (Phi) is 3.61. The third-order valence-electron chi connectivity index (χ3n) is 3.76. The molecule has 1 amide bonds. The summed E-state index contributed by atoms with van der Waals surface area (Å²) >= 11 is 0. The number of Topliss-reactive ketones (excluding diaryl/α,β-unsaturated/α-hetero) is 1. The van der Waals surface area contributed by atoms with Crippen LogP contribution in [0.15, 0.2) is 0 Å². The number of ether oxygens (including phenoxy) is 2. The molecule has 2 aliphatic heterocycles. The van der Waals surface area contributed by atoms with Crippen molar-refractivity contribution in [3.63, 3.8) is 0 Å². The third-order valence-corrected chi connectivity index (χ3v) is 3.76. The van der Waals surface area contributed by atoms with Crippen molar-refractivity contribution in [3.05, 3.63) is 0 Å². The SMILES string of the molecule is CCC(C)(C)OC(=O)N1C2COCC1CC(=O)C2. The van der Waals surface area contributed by atoms with Crippen LogP contribution in [0.5, 0.6) is 0 Å². The predicted octanol–water partition coefficient (Wildman–Crippen LogP) is 1.74. The molecule has 2 fully saturated rings. The van der Waals surface area contributed by atoms with E-state index in [2.05, 4.69) is 0 Å². The van der Waals surface area contributed by atoms with Gasteiger partial charge in [0.15, 0.2) is 0 Å². The van der Waals surface area contributed by atoms with Gasteiger partial charge in [-0.15, -0.1) is 0 Å². The van der Waals surface area contributed by atoms with Crippen molar-refractivity contribution in [2.45, 2.75) is 57.7 Å². The first-order valence-corrected chi connectivity index (χ1v) is 6.53. The number of carbonyl (C=O) groups is 2. The highest BCUT2D eigenvalue weighted by Gasteiger charge is 2.43. The van der Waals surface area contributed by atoms with Crippen LogP contribution in [0.1, 0.15) is 40.0 Å². The predicted molar refractivity (Wildman–Crippen MR) is 65.3 cm³/mol. The molecule has 0 saturated carbocycles. The van der Waals surface area contributed by atoms with Gasteiger partial charge in [0.25, 0.3) is 0 Å². The molecule has 2 unspecified atom stereocenters. The largest absolute Gasteiger partial charge is 0.443 e. The van der Waals surface area contributed by atoms with E-state index in [1.54, 1.807) is 4.90 Å². The summed E-state index contributed by atoms with van der Waals surface area (Å²) in [5.74, 6) is 0.215. The second kappa shape index (κ2) is 4.88. The lowest BCUT2D eigenvalue weighted by molar-refractivity contribution is -0.134. The molecule has 2 rings (SSSR count). The zero-order chi connectivity index (χ0) is 13.3. The van der Waals surface area contributed by atoms with Gasteiger partial charge in [-0.3, -0.25) is 9.69 Å². The van der Waals surface area contributed by atoms with E-state index in [1.807, 2.05) is 20.8 Å². The minimum atomic E-state index is -0.465. The molecular weight excluding hydrogens is 234 g/mol. The first kappa shape index (κ1) is 13.3. The van der Waals surface area contributed by atoms with Gasteiger partial charge in [-0.25, -0.2) is 4.79 Å². The summed E-state index contributed by atoms with van der Waals surface area (Å²) in [6, 6.07) is -0.296. The molecule has 2 atom stereocenters. The standard InChI is InChI=1S/C13H21NO4/c1-4-13(2,3)18-12(16)14-9-5-11(15)6-10(14)8-17-7-9/h9-10H,4-8H2,1-3H3. The van der Waals surface area contributed by atoms with Crippen molar-refractivity contribution in [2.24, 2.45) is 0 Å². The van der Waals surface area contributed by atoms with Gasteiger partial charge in [-0.1, -0.05) is 6.92 Å². The monoisotopic (exact) mass is 255 g/mol. The highest BCUT2D eigenvalue weighted by Crippen LogP contribution is 2.28. The quantitative estimate of drug-likeness (QED) is 0.754. The van der Waals surface area contributed by atoms with Gasteiger partial charge >= 0.3 is 6.09 Å². The van der Waals surface area contributed by atoms with Crippen molar-refractivity contribution in [1.29, 1.82) is 0 Å². The Morgan fingerprint density at radius 1 is 1.39 bits per heavy atom. The maximum atomic E-state index is 12.2. The molecule has 2 aliphatic rings. The van der Waals surface area contributed by atoms with Crippen LogP contribution in [0.2, 0.25) is 0 Å². The van der Waals surface area contributed by atoms with E-state index >= 15 is 0 Å². The Bertz CT molecular complexity index is 337.